The van der Waals surface area contributed by atoms with Crippen LogP contribution in [0.25, 0.3) is 0 Å². The van der Waals surface area contributed by atoms with Crippen molar-refractivity contribution in [1.82, 2.24) is 0 Å². The summed E-state index contributed by atoms with van der Waals surface area (Å²) in [5, 5.41) is 0. The van der Waals surface area contributed by atoms with E-state index in [1.54, 1.807) is 6.92 Å². The quantitative estimate of drug-likeness (QED) is 0.384. The summed E-state index contributed by atoms with van der Waals surface area (Å²) in [5.74, 6) is -0.295. The first kappa shape index (κ1) is 12.4. The summed E-state index contributed by atoms with van der Waals surface area (Å²) in [5.41, 5.74) is 0.462. The van der Waals surface area contributed by atoms with E-state index in [2.05, 4.69) is 6.58 Å². The van der Waals surface area contributed by atoms with Gasteiger partial charge in [-0.1, -0.05) is 13.5 Å². The van der Waals surface area contributed by atoms with Gasteiger partial charge in [-0.05, 0) is 13.3 Å². The molecule has 0 amide bonds. The molecule has 0 atom stereocenters. The van der Waals surface area contributed by atoms with Crippen LogP contribution in [0.15, 0.2) is 12.2 Å². The molecule has 10 heavy (non-hydrogen) atoms. The Balaban J connectivity index is 0. The van der Waals surface area contributed by atoms with Crippen LogP contribution in [0.5, 0.6) is 0 Å². The smallest absolute Gasteiger partial charge is 0.333 e. The maximum Gasteiger partial charge on any atom is 0.333 e. The minimum Gasteiger partial charge on any atom is -0.462 e. The fraction of sp³-hybridized carbons (Fsp3) is 0.571. The second kappa shape index (κ2) is 6.84. The van der Waals surface area contributed by atoms with Gasteiger partial charge < -0.3 is 4.74 Å². The SMILES string of the molecule is C=C(C)C(=O)OCCC.[Cu]. The number of esters is 1. The van der Waals surface area contributed by atoms with Crippen molar-refractivity contribution in [2.24, 2.45) is 0 Å². The molecule has 2 nitrogen and oxygen atoms in total. The van der Waals surface area contributed by atoms with Crippen molar-refractivity contribution >= 4 is 5.97 Å². The number of carbonyl (C=O) groups excluding carboxylic acids is 1. The van der Waals surface area contributed by atoms with Gasteiger partial charge in [0.1, 0.15) is 0 Å². The first-order chi connectivity index (χ1) is 4.18. The Morgan fingerprint density at radius 1 is 1.60 bits per heavy atom. The van der Waals surface area contributed by atoms with Crippen LogP contribution in [0, 0.1) is 0 Å². The summed E-state index contributed by atoms with van der Waals surface area (Å²) in [6.07, 6.45) is 0.860. The molecule has 0 saturated carbocycles. The van der Waals surface area contributed by atoms with Crippen molar-refractivity contribution in [3.63, 3.8) is 0 Å². The van der Waals surface area contributed by atoms with Gasteiger partial charge in [0, 0.05) is 22.6 Å². The molecule has 0 saturated heterocycles. The van der Waals surface area contributed by atoms with Gasteiger partial charge >= 0.3 is 5.97 Å². The van der Waals surface area contributed by atoms with Crippen LogP contribution in [0.2, 0.25) is 0 Å². The van der Waals surface area contributed by atoms with E-state index < -0.39 is 0 Å². The first-order valence-corrected chi connectivity index (χ1v) is 3.01. The van der Waals surface area contributed by atoms with Crippen LogP contribution in [-0.4, -0.2) is 12.6 Å². The van der Waals surface area contributed by atoms with E-state index >= 15 is 0 Å². The largest absolute Gasteiger partial charge is 0.462 e. The number of ether oxygens (including phenoxy) is 1. The normalized spacial score (nSPS) is 7.80. The fourth-order valence-electron chi connectivity index (χ4n) is 0.318. The molecule has 63 valence electrons. The van der Waals surface area contributed by atoms with Gasteiger partial charge in [-0.15, -0.1) is 0 Å². The van der Waals surface area contributed by atoms with Gasteiger partial charge in [0.2, 0.25) is 0 Å². The van der Waals surface area contributed by atoms with E-state index in [9.17, 15) is 4.79 Å². The number of hydrogen-bond donors (Lipinski definition) is 0. The first-order valence-electron chi connectivity index (χ1n) is 3.01. The van der Waals surface area contributed by atoms with Gasteiger partial charge in [-0.25, -0.2) is 4.79 Å². The topological polar surface area (TPSA) is 26.3 Å². The molecule has 0 aromatic rings. The molecule has 1 radical (unpaired) electrons. The van der Waals surface area contributed by atoms with Gasteiger partial charge in [0.25, 0.3) is 0 Å². The summed E-state index contributed by atoms with van der Waals surface area (Å²) in [6, 6.07) is 0. The molecule has 0 aromatic heterocycles. The van der Waals surface area contributed by atoms with Gasteiger partial charge in [-0.3, -0.25) is 0 Å². The third kappa shape index (κ3) is 5.86. The summed E-state index contributed by atoms with van der Waals surface area (Å²) in [4.78, 5) is 10.6. The molecule has 0 spiro atoms. The summed E-state index contributed by atoms with van der Waals surface area (Å²) in [7, 11) is 0. The van der Waals surface area contributed by atoms with Crippen LogP contribution >= 0.6 is 0 Å². The monoisotopic (exact) mass is 191 g/mol. The summed E-state index contributed by atoms with van der Waals surface area (Å²) in [6.45, 7) is 7.51. The Morgan fingerprint density at radius 3 is 2.40 bits per heavy atom. The van der Waals surface area contributed by atoms with Crippen LogP contribution in [0.1, 0.15) is 20.3 Å². The van der Waals surface area contributed by atoms with Crippen molar-refractivity contribution in [2.75, 3.05) is 6.61 Å². The van der Waals surface area contributed by atoms with Crippen LogP contribution < -0.4 is 0 Å². The van der Waals surface area contributed by atoms with Crippen molar-refractivity contribution in [3.8, 4) is 0 Å². The standard InChI is InChI=1S/C7H12O2.Cu/c1-4-5-9-7(8)6(2)3;/h2,4-5H2,1,3H3;. The Labute approximate surface area is 72.1 Å². The second-order valence-corrected chi connectivity index (χ2v) is 1.92. The van der Waals surface area contributed by atoms with E-state index in [0.29, 0.717) is 12.2 Å². The molecule has 0 N–H and O–H groups in total. The average molecular weight is 192 g/mol. The molecule has 0 rings (SSSR count). The van der Waals surface area contributed by atoms with Crippen LogP contribution in [-0.2, 0) is 26.6 Å². The molecule has 0 aliphatic rings. The molecule has 0 bridgehead atoms. The minimum absolute atomic E-state index is 0. The van der Waals surface area contributed by atoms with E-state index in [0.717, 1.165) is 6.42 Å². The van der Waals surface area contributed by atoms with Gasteiger partial charge in [0.15, 0.2) is 0 Å². The number of carbonyl (C=O) groups is 1. The van der Waals surface area contributed by atoms with Crippen LogP contribution in [0.3, 0.4) is 0 Å². The zero-order valence-corrected chi connectivity index (χ0v) is 7.18. The molecule has 3 heteroatoms. The zero-order valence-electron chi connectivity index (χ0n) is 6.24. The maximum absolute atomic E-state index is 10.6. The molecular formula is C7H12CuO2. The van der Waals surface area contributed by atoms with E-state index in [1.165, 1.54) is 0 Å². The Bertz CT molecular complexity index is 121. The zero-order chi connectivity index (χ0) is 7.28. The minimum atomic E-state index is -0.295. The van der Waals surface area contributed by atoms with Crippen molar-refractivity contribution < 1.29 is 26.6 Å². The Morgan fingerprint density at radius 2 is 2.10 bits per heavy atom. The third-order valence-corrected chi connectivity index (χ3v) is 0.786. The second-order valence-electron chi connectivity index (χ2n) is 1.92. The van der Waals surface area contributed by atoms with Gasteiger partial charge in [0.05, 0.1) is 6.61 Å². The summed E-state index contributed by atoms with van der Waals surface area (Å²) < 4.78 is 4.71. The van der Waals surface area contributed by atoms with Crippen LogP contribution in [0.4, 0.5) is 0 Å². The van der Waals surface area contributed by atoms with Gasteiger partial charge in [-0.2, -0.15) is 0 Å². The molecule has 0 heterocycles. The Kier molecular flexibility index (Phi) is 8.49. The molecule has 0 aromatic carbocycles. The van der Waals surface area contributed by atoms with E-state index in [-0.39, 0.29) is 23.0 Å². The molecule has 0 aliphatic carbocycles. The molecular weight excluding hydrogens is 180 g/mol. The van der Waals surface area contributed by atoms with Crippen molar-refractivity contribution in [2.45, 2.75) is 20.3 Å². The number of hydrogen-bond acceptors (Lipinski definition) is 2. The third-order valence-electron chi connectivity index (χ3n) is 0.786. The average Bonchev–Trinajstić information content (AvgIpc) is 1.82. The van der Waals surface area contributed by atoms with Crippen molar-refractivity contribution in [1.29, 1.82) is 0 Å². The predicted molar refractivity (Wildman–Crippen MR) is 36.1 cm³/mol. The Hall–Kier alpha value is -0.271. The molecule has 0 aliphatic heterocycles. The number of rotatable bonds is 3. The maximum atomic E-state index is 10.6. The predicted octanol–water partition coefficient (Wildman–Crippen LogP) is 1.51. The summed E-state index contributed by atoms with van der Waals surface area (Å²) >= 11 is 0. The molecule has 0 unspecified atom stereocenters. The molecule has 0 fully saturated rings. The van der Waals surface area contributed by atoms with E-state index in [4.69, 9.17) is 4.74 Å². The van der Waals surface area contributed by atoms with Crippen molar-refractivity contribution in [3.05, 3.63) is 12.2 Å². The van der Waals surface area contributed by atoms with E-state index in [1.807, 2.05) is 6.92 Å². The fourth-order valence-corrected chi connectivity index (χ4v) is 0.318.